The van der Waals surface area contributed by atoms with E-state index in [0.29, 0.717) is 19.6 Å². The Labute approximate surface area is 375 Å². The average molecular weight is 839 g/mol. The quantitative estimate of drug-likeness (QED) is 0.0377. The van der Waals surface area contributed by atoms with E-state index in [1.807, 2.05) is 0 Å². The molecule has 0 aliphatic carbocycles. The van der Waals surface area contributed by atoms with Gasteiger partial charge in [0.2, 0.25) is 0 Å². The lowest BCUT2D eigenvalue weighted by Crippen LogP contribution is -2.27. The summed E-state index contributed by atoms with van der Waals surface area (Å²) in [5.41, 5.74) is 0. The molecule has 4 nitrogen and oxygen atoms in total. The number of hydrogen-bond acceptors (Lipinski definition) is 4. The molecule has 0 aliphatic rings. The van der Waals surface area contributed by atoms with E-state index in [2.05, 4.69) is 74.6 Å². The molecule has 0 aromatic heterocycles. The van der Waals surface area contributed by atoms with Gasteiger partial charge in [0.25, 0.3) is 0 Å². The van der Waals surface area contributed by atoms with E-state index >= 15 is 0 Å². The van der Waals surface area contributed by atoms with Crippen molar-refractivity contribution in [1.29, 1.82) is 0 Å². The van der Waals surface area contributed by atoms with E-state index < -0.39 is 6.10 Å². The van der Waals surface area contributed by atoms with Gasteiger partial charge in [0.15, 0.2) is 0 Å². The molecule has 0 spiro atoms. The van der Waals surface area contributed by atoms with Crippen LogP contribution in [-0.4, -0.2) is 37.0 Å². The highest BCUT2D eigenvalue weighted by molar-refractivity contribution is 5.69. The van der Waals surface area contributed by atoms with Crippen LogP contribution in [-0.2, 0) is 14.3 Å². The summed E-state index contributed by atoms with van der Waals surface area (Å²) in [4.78, 5) is 12.3. The second-order valence-corrected chi connectivity index (χ2v) is 17.6. The standard InChI is InChI=1S/C56H102O4/c1-3-5-7-9-11-13-15-17-19-21-23-25-27-28-30-32-34-36-38-40-42-44-46-48-50-52-59-54-55(53-57)60-56(58)51-49-47-45-43-41-39-37-35-33-31-29-26-24-22-20-18-16-14-12-10-8-6-4-2/h6,8,12,14,18,20,24,26,31,33,55,57H,3-5,7,9-11,13,15-17,19,21-23,25,27-30,32,34-54H2,1-2H3/b8-6-,14-12-,20-18-,26-24-,33-31-. The number of carbonyl (C=O) groups excluding carboxylic acids is 1. The summed E-state index contributed by atoms with van der Waals surface area (Å²) in [5.74, 6) is -0.209. The van der Waals surface area contributed by atoms with Crippen molar-refractivity contribution in [2.45, 2.75) is 270 Å². The highest BCUT2D eigenvalue weighted by atomic mass is 16.6. The number of ether oxygens (including phenoxy) is 2. The number of rotatable bonds is 49. The Balaban J connectivity index is 3.41. The van der Waals surface area contributed by atoms with Crippen LogP contribution < -0.4 is 0 Å². The largest absolute Gasteiger partial charge is 0.457 e. The molecule has 1 atom stereocenters. The highest BCUT2D eigenvalue weighted by Gasteiger charge is 2.13. The predicted octanol–water partition coefficient (Wildman–Crippen LogP) is 17.9. The lowest BCUT2D eigenvalue weighted by molar-refractivity contribution is -0.154. The van der Waals surface area contributed by atoms with E-state index in [1.165, 1.54) is 186 Å². The Kier molecular flexibility index (Phi) is 51.5. The molecule has 0 aliphatic heterocycles. The molecule has 0 saturated carbocycles. The van der Waals surface area contributed by atoms with Crippen LogP contribution in [0.15, 0.2) is 60.8 Å². The van der Waals surface area contributed by atoms with Gasteiger partial charge in [0, 0.05) is 13.0 Å². The molecule has 4 heteroatoms. The second-order valence-electron chi connectivity index (χ2n) is 17.6. The predicted molar refractivity (Wildman–Crippen MR) is 265 cm³/mol. The van der Waals surface area contributed by atoms with Crippen LogP contribution in [0.25, 0.3) is 0 Å². The molecule has 0 amide bonds. The monoisotopic (exact) mass is 839 g/mol. The third kappa shape index (κ3) is 50.4. The molecule has 0 heterocycles. The Bertz CT molecular complexity index is 978. The van der Waals surface area contributed by atoms with Crippen molar-refractivity contribution in [2.75, 3.05) is 19.8 Å². The molecule has 0 radical (unpaired) electrons. The molecule has 60 heavy (non-hydrogen) atoms. The van der Waals surface area contributed by atoms with Gasteiger partial charge in [-0.25, -0.2) is 0 Å². The zero-order valence-corrected chi connectivity index (χ0v) is 40.2. The van der Waals surface area contributed by atoms with Crippen LogP contribution in [0.2, 0.25) is 0 Å². The minimum Gasteiger partial charge on any atom is -0.457 e. The fourth-order valence-electron chi connectivity index (χ4n) is 7.71. The lowest BCUT2D eigenvalue weighted by Gasteiger charge is -2.16. The molecule has 0 fully saturated rings. The first-order valence-electron chi connectivity index (χ1n) is 26.4. The van der Waals surface area contributed by atoms with Crippen LogP contribution in [0.3, 0.4) is 0 Å². The van der Waals surface area contributed by atoms with E-state index in [1.54, 1.807) is 0 Å². The van der Waals surface area contributed by atoms with Crippen molar-refractivity contribution >= 4 is 5.97 Å². The SMILES string of the molecule is CC/C=C\C/C=C\C/C=C\C/C=C\C/C=C\CCCCCCCCCC(=O)OC(CO)COCCCCCCCCCCCCCCCCCCCCCCCCCCC. The van der Waals surface area contributed by atoms with Gasteiger partial charge in [0.1, 0.15) is 6.10 Å². The summed E-state index contributed by atoms with van der Waals surface area (Å²) in [7, 11) is 0. The van der Waals surface area contributed by atoms with Crippen molar-refractivity contribution in [2.24, 2.45) is 0 Å². The number of esters is 1. The topological polar surface area (TPSA) is 55.8 Å². The summed E-state index contributed by atoms with van der Waals surface area (Å²) < 4.78 is 11.2. The number of aliphatic hydroxyl groups excluding tert-OH is 1. The van der Waals surface area contributed by atoms with Gasteiger partial charge < -0.3 is 14.6 Å². The first kappa shape index (κ1) is 58.1. The van der Waals surface area contributed by atoms with Crippen molar-refractivity contribution in [3.05, 3.63) is 60.8 Å². The molecular weight excluding hydrogens is 737 g/mol. The van der Waals surface area contributed by atoms with E-state index in [-0.39, 0.29) is 12.6 Å². The smallest absolute Gasteiger partial charge is 0.306 e. The van der Waals surface area contributed by atoms with Gasteiger partial charge in [-0.3, -0.25) is 4.79 Å². The van der Waals surface area contributed by atoms with Crippen LogP contribution in [0.1, 0.15) is 264 Å². The van der Waals surface area contributed by atoms with Crippen molar-refractivity contribution in [1.82, 2.24) is 0 Å². The Morgan fingerprint density at radius 3 is 1.13 bits per heavy atom. The molecule has 0 bridgehead atoms. The Morgan fingerprint density at radius 1 is 0.417 bits per heavy atom. The molecule has 1 N–H and O–H groups in total. The van der Waals surface area contributed by atoms with Gasteiger partial charge in [-0.15, -0.1) is 0 Å². The number of carbonyl (C=O) groups is 1. The second kappa shape index (κ2) is 53.2. The minimum atomic E-state index is -0.542. The molecule has 1 unspecified atom stereocenters. The average Bonchev–Trinajstić information content (AvgIpc) is 3.25. The maximum absolute atomic E-state index is 12.3. The third-order valence-corrected chi connectivity index (χ3v) is 11.6. The summed E-state index contributed by atoms with van der Waals surface area (Å²) in [6.07, 6.45) is 71.8. The molecule has 0 aromatic rings. The summed E-state index contributed by atoms with van der Waals surface area (Å²) in [6.45, 7) is 5.26. The van der Waals surface area contributed by atoms with Gasteiger partial charge >= 0.3 is 5.97 Å². The van der Waals surface area contributed by atoms with Crippen molar-refractivity contribution < 1.29 is 19.4 Å². The first-order valence-corrected chi connectivity index (χ1v) is 26.4. The lowest BCUT2D eigenvalue weighted by atomic mass is 10.0. The maximum atomic E-state index is 12.3. The van der Waals surface area contributed by atoms with E-state index in [9.17, 15) is 9.90 Å². The maximum Gasteiger partial charge on any atom is 0.306 e. The van der Waals surface area contributed by atoms with Crippen molar-refractivity contribution in [3.8, 4) is 0 Å². The number of hydrogen-bond donors (Lipinski definition) is 1. The van der Waals surface area contributed by atoms with Crippen LogP contribution in [0, 0.1) is 0 Å². The van der Waals surface area contributed by atoms with E-state index in [0.717, 1.165) is 57.8 Å². The zero-order valence-electron chi connectivity index (χ0n) is 40.2. The van der Waals surface area contributed by atoms with Gasteiger partial charge in [0.05, 0.1) is 13.2 Å². The zero-order chi connectivity index (χ0) is 43.3. The number of unbranched alkanes of at least 4 members (excludes halogenated alkanes) is 31. The third-order valence-electron chi connectivity index (χ3n) is 11.6. The van der Waals surface area contributed by atoms with E-state index in [4.69, 9.17) is 9.47 Å². The summed E-state index contributed by atoms with van der Waals surface area (Å²) in [5, 5.41) is 9.66. The van der Waals surface area contributed by atoms with Gasteiger partial charge in [-0.1, -0.05) is 261 Å². The van der Waals surface area contributed by atoms with Gasteiger partial charge in [-0.2, -0.15) is 0 Å². The molecular formula is C56H102O4. The fraction of sp³-hybridized carbons (Fsp3) is 0.804. The van der Waals surface area contributed by atoms with Gasteiger partial charge in [-0.05, 0) is 57.8 Å². The molecule has 350 valence electrons. The normalized spacial score (nSPS) is 12.8. The van der Waals surface area contributed by atoms with Crippen LogP contribution in [0.4, 0.5) is 0 Å². The summed E-state index contributed by atoms with van der Waals surface area (Å²) >= 11 is 0. The van der Waals surface area contributed by atoms with Crippen LogP contribution in [0.5, 0.6) is 0 Å². The molecule has 0 aromatic carbocycles. The molecule has 0 saturated heterocycles. The molecule has 0 rings (SSSR count). The minimum absolute atomic E-state index is 0.176. The summed E-state index contributed by atoms with van der Waals surface area (Å²) in [6, 6.07) is 0. The Hall–Kier alpha value is -1.91. The fourth-order valence-corrected chi connectivity index (χ4v) is 7.71. The highest BCUT2D eigenvalue weighted by Crippen LogP contribution is 2.16. The van der Waals surface area contributed by atoms with Crippen LogP contribution >= 0.6 is 0 Å². The first-order chi connectivity index (χ1) is 29.7. The number of aliphatic hydroxyl groups is 1. The Morgan fingerprint density at radius 2 is 0.750 bits per heavy atom. The van der Waals surface area contributed by atoms with Crippen molar-refractivity contribution in [3.63, 3.8) is 0 Å². The number of allylic oxidation sites excluding steroid dienone is 10.